The molecule has 0 aliphatic heterocycles. The summed E-state index contributed by atoms with van der Waals surface area (Å²) >= 11 is 0. The molecule has 154 valence electrons. The number of rotatable bonds is 7. The van der Waals surface area contributed by atoms with E-state index < -0.39 is 10.0 Å². The van der Waals surface area contributed by atoms with Crippen LogP contribution in [0.25, 0.3) is 5.82 Å². The third kappa shape index (κ3) is 4.80. The quantitative estimate of drug-likeness (QED) is 0.576. The molecule has 0 bridgehead atoms. The van der Waals surface area contributed by atoms with Crippen molar-refractivity contribution in [2.75, 3.05) is 18.4 Å². The van der Waals surface area contributed by atoms with Gasteiger partial charge >= 0.3 is 0 Å². The maximum Gasteiger partial charge on any atom is 0.240 e. The standard InChI is InChI=1S/C20H26N6O2S/c1-13-10-15(3)18(11-14(13)2)29(27,28)22-9-8-21-19-6-7-20(24-23-19)26-17(5)12-16(4)25-26/h6-7,10-12,22H,8-9H2,1-5H3,(H,21,23). The van der Waals surface area contributed by atoms with Crippen LogP contribution in [-0.4, -0.2) is 41.5 Å². The Labute approximate surface area is 171 Å². The molecule has 0 saturated heterocycles. The molecule has 8 nitrogen and oxygen atoms in total. The van der Waals surface area contributed by atoms with Gasteiger partial charge in [-0.05, 0) is 75.6 Å². The van der Waals surface area contributed by atoms with E-state index in [2.05, 4.69) is 25.3 Å². The van der Waals surface area contributed by atoms with Crippen molar-refractivity contribution in [1.29, 1.82) is 0 Å². The zero-order valence-electron chi connectivity index (χ0n) is 17.3. The first-order valence-corrected chi connectivity index (χ1v) is 10.8. The number of hydrogen-bond acceptors (Lipinski definition) is 6. The molecule has 0 atom stereocenters. The Kier molecular flexibility index (Phi) is 5.99. The number of benzene rings is 1. The maximum atomic E-state index is 12.6. The lowest BCUT2D eigenvalue weighted by molar-refractivity contribution is 0.582. The van der Waals surface area contributed by atoms with Crippen LogP contribution >= 0.6 is 0 Å². The van der Waals surface area contributed by atoms with E-state index in [4.69, 9.17) is 0 Å². The average Bonchev–Trinajstić information content (AvgIpc) is 3.00. The van der Waals surface area contributed by atoms with Gasteiger partial charge in [-0.15, -0.1) is 10.2 Å². The highest BCUT2D eigenvalue weighted by Gasteiger charge is 2.17. The Morgan fingerprint density at radius 3 is 2.24 bits per heavy atom. The van der Waals surface area contributed by atoms with Crippen LogP contribution in [0, 0.1) is 34.6 Å². The fourth-order valence-electron chi connectivity index (χ4n) is 3.07. The molecule has 2 N–H and O–H groups in total. The van der Waals surface area contributed by atoms with E-state index in [9.17, 15) is 8.42 Å². The average molecular weight is 415 g/mol. The Balaban J connectivity index is 1.58. The molecule has 0 saturated carbocycles. The lowest BCUT2D eigenvalue weighted by atomic mass is 10.1. The molecule has 9 heteroatoms. The van der Waals surface area contributed by atoms with Crippen molar-refractivity contribution in [3.05, 3.63) is 58.4 Å². The Hall–Kier alpha value is -2.78. The number of hydrogen-bond donors (Lipinski definition) is 2. The Morgan fingerprint density at radius 1 is 0.897 bits per heavy atom. The van der Waals surface area contributed by atoms with Gasteiger partial charge in [-0.3, -0.25) is 0 Å². The first-order valence-electron chi connectivity index (χ1n) is 9.36. The van der Waals surface area contributed by atoms with Crippen LogP contribution in [0.4, 0.5) is 5.82 Å². The summed E-state index contributed by atoms with van der Waals surface area (Å²) in [6.45, 7) is 10.2. The van der Waals surface area contributed by atoms with Gasteiger partial charge in [-0.25, -0.2) is 17.8 Å². The number of aryl methyl sites for hydroxylation is 5. The summed E-state index contributed by atoms with van der Waals surface area (Å²) in [5, 5.41) is 15.8. The van der Waals surface area contributed by atoms with Gasteiger partial charge in [-0.1, -0.05) is 6.07 Å². The summed E-state index contributed by atoms with van der Waals surface area (Å²) in [6.07, 6.45) is 0. The van der Waals surface area contributed by atoms with Crippen LogP contribution in [-0.2, 0) is 10.0 Å². The summed E-state index contributed by atoms with van der Waals surface area (Å²) in [7, 11) is -3.57. The normalized spacial score (nSPS) is 11.6. The van der Waals surface area contributed by atoms with E-state index in [0.717, 1.165) is 28.1 Å². The van der Waals surface area contributed by atoms with Gasteiger partial charge in [0.2, 0.25) is 10.0 Å². The monoisotopic (exact) mass is 414 g/mol. The van der Waals surface area contributed by atoms with E-state index in [-0.39, 0.29) is 6.54 Å². The Morgan fingerprint density at radius 2 is 1.62 bits per heavy atom. The van der Waals surface area contributed by atoms with E-state index in [1.54, 1.807) is 23.7 Å². The molecule has 3 aromatic rings. The molecule has 0 aliphatic rings. The smallest absolute Gasteiger partial charge is 0.240 e. The third-order valence-corrected chi connectivity index (χ3v) is 6.28. The molecule has 2 heterocycles. The number of anilines is 1. The first-order chi connectivity index (χ1) is 13.7. The van der Waals surface area contributed by atoms with E-state index in [1.165, 1.54) is 0 Å². The first kappa shape index (κ1) is 20.9. The summed E-state index contributed by atoms with van der Waals surface area (Å²) in [5.74, 6) is 1.20. The van der Waals surface area contributed by atoms with Crippen molar-refractivity contribution in [2.24, 2.45) is 0 Å². The zero-order valence-corrected chi connectivity index (χ0v) is 18.1. The van der Waals surface area contributed by atoms with Crippen molar-refractivity contribution < 1.29 is 8.42 Å². The van der Waals surface area contributed by atoms with Gasteiger partial charge < -0.3 is 5.32 Å². The van der Waals surface area contributed by atoms with Gasteiger partial charge in [0.25, 0.3) is 0 Å². The van der Waals surface area contributed by atoms with Crippen molar-refractivity contribution in [3.63, 3.8) is 0 Å². The SMILES string of the molecule is Cc1cc(C)n(-c2ccc(NCCNS(=O)(=O)c3cc(C)c(C)cc3C)nn2)n1. The molecule has 29 heavy (non-hydrogen) atoms. The van der Waals surface area contributed by atoms with Crippen LogP contribution in [0.3, 0.4) is 0 Å². The maximum absolute atomic E-state index is 12.6. The second kappa shape index (κ2) is 8.30. The van der Waals surface area contributed by atoms with Crippen molar-refractivity contribution in [3.8, 4) is 5.82 Å². The zero-order chi connectivity index (χ0) is 21.2. The van der Waals surface area contributed by atoms with E-state index >= 15 is 0 Å². The van der Waals surface area contributed by atoms with Gasteiger partial charge in [0.05, 0.1) is 10.6 Å². The van der Waals surface area contributed by atoms with Gasteiger partial charge in [0.15, 0.2) is 5.82 Å². The van der Waals surface area contributed by atoms with Crippen LogP contribution < -0.4 is 10.0 Å². The van der Waals surface area contributed by atoms with Crippen molar-refractivity contribution in [1.82, 2.24) is 24.7 Å². The van der Waals surface area contributed by atoms with Gasteiger partial charge in [-0.2, -0.15) is 5.10 Å². The summed E-state index contributed by atoms with van der Waals surface area (Å²) in [5.41, 5.74) is 4.66. The number of aromatic nitrogens is 4. The van der Waals surface area contributed by atoms with Gasteiger partial charge in [0, 0.05) is 18.8 Å². The molecule has 1 aromatic carbocycles. The highest BCUT2D eigenvalue weighted by molar-refractivity contribution is 7.89. The fraction of sp³-hybridized carbons (Fsp3) is 0.350. The second-order valence-electron chi connectivity index (χ2n) is 7.14. The summed E-state index contributed by atoms with van der Waals surface area (Å²) in [6, 6.07) is 9.18. The minimum absolute atomic E-state index is 0.232. The lowest BCUT2D eigenvalue weighted by Gasteiger charge is -2.12. The van der Waals surface area contributed by atoms with Crippen LogP contribution in [0.1, 0.15) is 28.1 Å². The summed E-state index contributed by atoms with van der Waals surface area (Å²) < 4.78 is 29.5. The second-order valence-corrected chi connectivity index (χ2v) is 8.88. The molecule has 0 amide bonds. The van der Waals surface area contributed by atoms with Crippen LogP contribution in [0.2, 0.25) is 0 Å². The largest absolute Gasteiger partial charge is 0.367 e. The van der Waals surface area contributed by atoms with E-state index in [0.29, 0.717) is 23.1 Å². The number of nitrogens with one attached hydrogen (secondary N) is 2. The lowest BCUT2D eigenvalue weighted by Crippen LogP contribution is -2.29. The molecule has 0 aliphatic carbocycles. The molecule has 0 radical (unpaired) electrons. The Bertz CT molecular complexity index is 1120. The molecular weight excluding hydrogens is 388 g/mol. The van der Waals surface area contributed by atoms with E-state index in [1.807, 2.05) is 45.9 Å². The minimum atomic E-state index is -3.57. The third-order valence-electron chi connectivity index (χ3n) is 4.68. The molecule has 2 aromatic heterocycles. The minimum Gasteiger partial charge on any atom is -0.367 e. The van der Waals surface area contributed by atoms with Crippen LogP contribution in [0.15, 0.2) is 35.2 Å². The molecule has 0 fully saturated rings. The molecule has 0 unspecified atom stereocenters. The highest BCUT2D eigenvalue weighted by atomic mass is 32.2. The van der Waals surface area contributed by atoms with Crippen molar-refractivity contribution >= 4 is 15.8 Å². The van der Waals surface area contributed by atoms with Gasteiger partial charge in [0.1, 0.15) is 5.82 Å². The van der Waals surface area contributed by atoms with Crippen molar-refractivity contribution in [2.45, 2.75) is 39.5 Å². The number of nitrogens with zero attached hydrogens (tertiary/aromatic N) is 4. The molecule has 3 rings (SSSR count). The summed E-state index contributed by atoms with van der Waals surface area (Å²) in [4.78, 5) is 0.314. The molecule has 0 spiro atoms. The predicted molar refractivity (Wildman–Crippen MR) is 113 cm³/mol. The highest BCUT2D eigenvalue weighted by Crippen LogP contribution is 2.19. The number of sulfonamides is 1. The van der Waals surface area contributed by atoms with Crippen LogP contribution in [0.5, 0.6) is 0 Å². The predicted octanol–water partition coefficient (Wildman–Crippen LogP) is 2.59. The fourth-order valence-corrected chi connectivity index (χ4v) is 4.41. The topological polar surface area (TPSA) is 102 Å². The molecular formula is C20H26N6O2S.